The normalized spacial score (nSPS) is 20.7. The lowest BCUT2D eigenvalue weighted by Gasteiger charge is -2.50. The molecule has 2 fully saturated rings. The first-order valence-corrected chi connectivity index (χ1v) is 19.5. The number of carbonyl (C=O) groups excluding carboxylic acids is 2. The standard InChI is InChI=1S/C33H42N10O10S2/c1-32(2)26(28(45)43(32)53-55(48,49)50)39-27(44)25(22-17-54-30(35)38-22)40-52-33(3,29(46)47)24-8-6-20-11-19(5-7-23(20)51-24)21-14-37-31(41(4)16-21)42(10-9-34)15-18-12-36-13-18/h5,7,11,14,16-18,24,26,36H,6,8-10,12-13,15,34H2,1-4H3,(H4-,35,38,39,44,46,47,48,49,50)/p+1/b40-25-/t24-,26-,33?/m1/s1. The number of hydroxylamine groups is 2. The molecule has 0 aliphatic carbocycles. The summed E-state index contributed by atoms with van der Waals surface area (Å²) in [5.74, 6) is -1.63. The average molecular weight is 804 g/mol. The number of hydrogen-bond donors (Lipinski definition) is 6. The molecule has 20 nitrogen and oxygen atoms in total. The van der Waals surface area contributed by atoms with Crippen molar-refractivity contribution < 1.29 is 50.9 Å². The van der Waals surface area contributed by atoms with Gasteiger partial charge >= 0.3 is 22.3 Å². The fourth-order valence-corrected chi connectivity index (χ4v) is 7.54. The molecule has 296 valence electrons. The fourth-order valence-electron chi connectivity index (χ4n) is 6.54. The van der Waals surface area contributed by atoms with Gasteiger partial charge in [-0.2, -0.15) is 13.5 Å². The summed E-state index contributed by atoms with van der Waals surface area (Å²) in [5.41, 5.74) is 10.2. The second-order valence-corrected chi connectivity index (χ2v) is 16.1. The molecular formula is C33H43N10O10S2+. The molecule has 2 aromatic heterocycles. The molecule has 0 radical (unpaired) electrons. The second-order valence-electron chi connectivity index (χ2n) is 14.2. The van der Waals surface area contributed by atoms with E-state index in [1.807, 2.05) is 36.1 Å². The van der Waals surface area contributed by atoms with Gasteiger partial charge in [-0.15, -0.1) is 15.6 Å². The number of β-lactam (4-membered cyclic amide) rings is 1. The first kappa shape index (κ1) is 39.7. The van der Waals surface area contributed by atoms with Gasteiger partial charge in [-0.1, -0.05) is 16.2 Å². The number of oxime groups is 1. The van der Waals surface area contributed by atoms with Gasteiger partial charge in [0.1, 0.15) is 23.7 Å². The third kappa shape index (κ3) is 8.18. The lowest BCUT2D eigenvalue weighted by Crippen LogP contribution is -2.76. The molecule has 55 heavy (non-hydrogen) atoms. The summed E-state index contributed by atoms with van der Waals surface area (Å²) in [4.78, 5) is 55.7. The number of nitrogens with one attached hydrogen (secondary N) is 2. The van der Waals surface area contributed by atoms with Gasteiger partial charge in [0.25, 0.3) is 17.4 Å². The average Bonchev–Trinajstić information content (AvgIpc) is 3.54. The number of carboxylic acids is 1. The van der Waals surface area contributed by atoms with Crippen molar-refractivity contribution in [1.29, 1.82) is 0 Å². The highest BCUT2D eigenvalue weighted by atomic mass is 32.3. The maximum absolute atomic E-state index is 13.5. The van der Waals surface area contributed by atoms with Gasteiger partial charge in [-0.3, -0.25) is 19.0 Å². The zero-order valence-electron chi connectivity index (χ0n) is 30.5. The van der Waals surface area contributed by atoms with Crippen LogP contribution < -0.4 is 36.3 Å². The van der Waals surface area contributed by atoms with Crippen LogP contribution in [0.15, 0.2) is 41.1 Å². The van der Waals surface area contributed by atoms with Crippen LogP contribution in [-0.4, -0.2) is 113 Å². The Morgan fingerprint density at radius 2 is 2.05 bits per heavy atom. The van der Waals surface area contributed by atoms with Crippen molar-refractivity contribution in [3.8, 4) is 16.9 Å². The summed E-state index contributed by atoms with van der Waals surface area (Å²) >= 11 is 0.970. The number of aliphatic carboxylic acids is 1. The molecule has 0 saturated carbocycles. The van der Waals surface area contributed by atoms with Gasteiger partial charge in [0, 0.05) is 36.5 Å². The highest BCUT2D eigenvalue weighted by Crippen LogP contribution is 2.37. The number of amides is 2. The van der Waals surface area contributed by atoms with Gasteiger partial charge in [0.2, 0.25) is 0 Å². The number of aromatic nitrogens is 3. The molecule has 8 N–H and O–H groups in total. The molecule has 5 heterocycles. The highest BCUT2D eigenvalue weighted by molar-refractivity contribution is 7.80. The number of rotatable bonds is 15. The van der Waals surface area contributed by atoms with E-state index in [1.165, 1.54) is 26.2 Å². The lowest BCUT2D eigenvalue weighted by atomic mass is 9.84. The van der Waals surface area contributed by atoms with E-state index in [2.05, 4.69) is 30.0 Å². The van der Waals surface area contributed by atoms with Crippen LogP contribution in [0.25, 0.3) is 11.1 Å². The fraction of sp³-hybridized carbons (Fsp3) is 0.485. The lowest BCUT2D eigenvalue weighted by molar-refractivity contribution is -0.661. The van der Waals surface area contributed by atoms with Crippen LogP contribution in [0, 0.1) is 5.92 Å². The maximum atomic E-state index is 13.5. The van der Waals surface area contributed by atoms with Gasteiger partial charge in [0.15, 0.2) is 16.9 Å². The van der Waals surface area contributed by atoms with Crippen LogP contribution in [0.1, 0.15) is 38.4 Å². The highest BCUT2D eigenvalue weighted by Gasteiger charge is 2.58. The smallest absolute Gasteiger partial charge is 0.418 e. The van der Waals surface area contributed by atoms with E-state index in [1.54, 1.807) is 6.07 Å². The Bertz CT molecular complexity index is 2130. The van der Waals surface area contributed by atoms with Gasteiger partial charge in [0.05, 0.1) is 31.9 Å². The minimum atomic E-state index is -5.04. The second kappa shape index (κ2) is 15.3. The Morgan fingerprint density at radius 1 is 1.31 bits per heavy atom. The van der Waals surface area contributed by atoms with Crippen LogP contribution in [0.5, 0.6) is 5.75 Å². The van der Waals surface area contributed by atoms with E-state index < -0.39 is 57.2 Å². The summed E-state index contributed by atoms with van der Waals surface area (Å²) < 4.78 is 44.0. The van der Waals surface area contributed by atoms with Crippen molar-refractivity contribution in [2.45, 2.75) is 56.9 Å². The quantitative estimate of drug-likeness (QED) is 0.0368. The summed E-state index contributed by atoms with van der Waals surface area (Å²) in [6.07, 6.45) is 3.39. The molecule has 3 atom stereocenters. The van der Waals surface area contributed by atoms with Gasteiger partial charge in [-0.05, 0) is 56.9 Å². The first-order chi connectivity index (χ1) is 25.9. The van der Waals surface area contributed by atoms with Crippen molar-refractivity contribution in [1.82, 2.24) is 25.7 Å². The molecule has 3 aliphatic rings. The number of nitrogens with zero attached hydrogens (tertiary/aromatic N) is 6. The summed E-state index contributed by atoms with van der Waals surface area (Å²) in [5, 5.41) is 21.9. The number of carboxylic acid groups (broad SMARTS) is 1. The number of benzene rings is 1. The minimum absolute atomic E-state index is 0.0617. The number of aryl methyl sites for hydroxylation is 2. The van der Waals surface area contributed by atoms with Crippen LogP contribution in [-0.2, 0) is 47.4 Å². The molecule has 0 bridgehead atoms. The number of thiazole rings is 1. The number of anilines is 2. The largest absolute Gasteiger partial charge is 0.485 e. The summed E-state index contributed by atoms with van der Waals surface area (Å²) in [6.45, 7) is 8.00. The first-order valence-electron chi connectivity index (χ1n) is 17.3. The molecule has 3 aliphatic heterocycles. The number of nitrogens with two attached hydrogens (primary N) is 2. The van der Waals surface area contributed by atoms with E-state index >= 15 is 0 Å². The number of carbonyl (C=O) groups is 3. The third-order valence-electron chi connectivity index (χ3n) is 9.80. The van der Waals surface area contributed by atoms with Crippen molar-refractivity contribution in [3.05, 3.63) is 47.2 Å². The summed E-state index contributed by atoms with van der Waals surface area (Å²) in [7, 11) is -3.09. The van der Waals surface area contributed by atoms with Crippen molar-refractivity contribution in [2.24, 2.45) is 23.9 Å². The molecule has 2 amide bonds. The van der Waals surface area contributed by atoms with Crippen LogP contribution in [0.2, 0.25) is 0 Å². The Hall–Kier alpha value is -5.00. The van der Waals surface area contributed by atoms with E-state index in [-0.39, 0.29) is 17.2 Å². The van der Waals surface area contributed by atoms with E-state index in [0.29, 0.717) is 36.2 Å². The number of hydrogen-bond acceptors (Lipinski definition) is 16. The van der Waals surface area contributed by atoms with Crippen LogP contribution >= 0.6 is 11.3 Å². The maximum Gasteiger partial charge on any atom is 0.418 e. The molecule has 6 rings (SSSR count). The molecule has 3 aromatic rings. The number of fused-ring (bicyclic) bond motifs is 1. The van der Waals surface area contributed by atoms with Gasteiger partial charge in [-0.25, -0.2) is 14.3 Å². The predicted molar refractivity (Wildman–Crippen MR) is 197 cm³/mol. The molecule has 1 aromatic carbocycles. The number of nitrogen functional groups attached to an aromatic ring is 1. The Kier molecular flexibility index (Phi) is 11.0. The zero-order valence-corrected chi connectivity index (χ0v) is 32.1. The Morgan fingerprint density at radius 3 is 2.64 bits per heavy atom. The van der Waals surface area contributed by atoms with E-state index in [0.717, 1.165) is 53.6 Å². The van der Waals surface area contributed by atoms with E-state index in [4.69, 9.17) is 30.6 Å². The van der Waals surface area contributed by atoms with Crippen molar-refractivity contribution in [2.75, 3.05) is 43.4 Å². The third-order valence-corrected chi connectivity index (χ3v) is 10.8. The monoisotopic (exact) mass is 803 g/mol. The minimum Gasteiger partial charge on any atom is -0.485 e. The van der Waals surface area contributed by atoms with Crippen molar-refractivity contribution in [3.63, 3.8) is 0 Å². The zero-order chi connectivity index (χ0) is 39.9. The molecule has 1 unspecified atom stereocenters. The molecule has 22 heteroatoms. The SMILES string of the molecule is C[n+]1cc(-c2ccc3c(c2)CC[C@H](C(C)(O/N=C(\C(=O)N[C@@H]2C(=O)N(OS(=O)(=O)O)C2(C)C)c2csc(N)n2)C(=O)O)O3)cnc1N(CCN)CC1CNC1. The molecule has 0 spiro atoms. The Labute approximate surface area is 320 Å². The van der Waals surface area contributed by atoms with E-state index in [9.17, 15) is 27.9 Å². The molecular weight excluding hydrogens is 761 g/mol. The van der Waals surface area contributed by atoms with Gasteiger partial charge < -0.3 is 36.8 Å². The molecule has 2 saturated heterocycles. The van der Waals surface area contributed by atoms with Crippen LogP contribution in [0.3, 0.4) is 0 Å². The topological polar surface area (TPSA) is 278 Å². The Balaban J connectivity index is 1.19. The predicted octanol–water partition coefficient (Wildman–Crippen LogP) is -0.606. The summed E-state index contributed by atoms with van der Waals surface area (Å²) in [6, 6.07) is 4.24. The van der Waals surface area contributed by atoms with Crippen molar-refractivity contribution >= 4 is 56.3 Å². The number of ether oxygens (including phenoxy) is 1. The van der Waals surface area contributed by atoms with Crippen LogP contribution in [0.4, 0.5) is 11.1 Å².